The second-order valence-corrected chi connectivity index (χ2v) is 3.54. The number of hydrogen-bond donors (Lipinski definition) is 1. The van der Waals surface area contributed by atoms with E-state index >= 15 is 0 Å². The minimum Gasteiger partial charge on any atom is -0.493 e. The zero-order valence-corrected chi connectivity index (χ0v) is 10.00. The van der Waals surface area contributed by atoms with E-state index in [-0.39, 0.29) is 17.5 Å². The first-order chi connectivity index (χ1) is 8.15. The minimum atomic E-state index is -0.378. The molecule has 0 aromatic heterocycles. The highest BCUT2D eigenvalue weighted by atomic mass is 19.1. The molecule has 0 atom stereocenters. The van der Waals surface area contributed by atoms with E-state index in [4.69, 9.17) is 4.74 Å². The zero-order chi connectivity index (χ0) is 12.7. The summed E-state index contributed by atoms with van der Waals surface area (Å²) in [4.78, 5) is 10.6. The van der Waals surface area contributed by atoms with Gasteiger partial charge in [0.1, 0.15) is 0 Å². The molecule has 0 aliphatic heterocycles. The van der Waals surface area contributed by atoms with E-state index in [0.29, 0.717) is 18.5 Å². The SMILES string of the molecule is COc1c(F)cccc1C=CCCNC(C)=O. The van der Waals surface area contributed by atoms with Gasteiger partial charge in [-0.1, -0.05) is 24.3 Å². The Hall–Kier alpha value is -1.84. The van der Waals surface area contributed by atoms with Gasteiger partial charge in [-0.05, 0) is 12.5 Å². The third-order valence-corrected chi connectivity index (χ3v) is 2.18. The average Bonchev–Trinajstić information content (AvgIpc) is 2.28. The zero-order valence-electron chi connectivity index (χ0n) is 10.00. The molecule has 1 amide bonds. The molecule has 92 valence electrons. The molecule has 0 aliphatic rings. The molecule has 1 aromatic rings. The third-order valence-electron chi connectivity index (χ3n) is 2.18. The maximum atomic E-state index is 13.3. The molecule has 0 bridgehead atoms. The van der Waals surface area contributed by atoms with Gasteiger partial charge in [-0.2, -0.15) is 0 Å². The summed E-state index contributed by atoms with van der Waals surface area (Å²) in [5, 5.41) is 2.68. The number of rotatable bonds is 5. The average molecular weight is 237 g/mol. The van der Waals surface area contributed by atoms with Crippen LogP contribution in [-0.4, -0.2) is 19.6 Å². The van der Waals surface area contributed by atoms with Crippen molar-refractivity contribution >= 4 is 12.0 Å². The number of benzene rings is 1. The first-order valence-corrected chi connectivity index (χ1v) is 5.38. The summed E-state index contributed by atoms with van der Waals surface area (Å²) < 4.78 is 18.3. The summed E-state index contributed by atoms with van der Waals surface area (Å²) in [6.07, 6.45) is 4.34. The van der Waals surface area contributed by atoms with Crippen molar-refractivity contribution in [1.29, 1.82) is 0 Å². The third kappa shape index (κ3) is 4.26. The number of nitrogens with one attached hydrogen (secondary N) is 1. The highest BCUT2D eigenvalue weighted by Gasteiger charge is 2.04. The van der Waals surface area contributed by atoms with Crippen LogP contribution in [-0.2, 0) is 4.79 Å². The molecule has 1 aromatic carbocycles. The van der Waals surface area contributed by atoms with Gasteiger partial charge in [0.25, 0.3) is 0 Å². The van der Waals surface area contributed by atoms with Crippen LogP contribution in [0.5, 0.6) is 5.75 Å². The van der Waals surface area contributed by atoms with E-state index in [1.165, 1.54) is 20.1 Å². The molecule has 0 radical (unpaired) electrons. The van der Waals surface area contributed by atoms with Gasteiger partial charge < -0.3 is 10.1 Å². The van der Waals surface area contributed by atoms with Crippen molar-refractivity contribution in [1.82, 2.24) is 5.32 Å². The lowest BCUT2D eigenvalue weighted by Gasteiger charge is -2.05. The fourth-order valence-electron chi connectivity index (χ4n) is 1.41. The maximum Gasteiger partial charge on any atom is 0.216 e. The number of methoxy groups -OCH3 is 1. The topological polar surface area (TPSA) is 38.3 Å². The number of ether oxygens (including phenoxy) is 1. The van der Waals surface area contributed by atoms with Gasteiger partial charge >= 0.3 is 0 Å². The number of carbonyl (C=O) groups excluding carboxylic acids is 1. The van der Waals surface area contributed by atoms with Crippen LogP contribution in [0, 0.1) is 5.82 Å². The Bertz CT molecular complexity index is 416. The molecule has 0 spiro atoms. The molecule has 4 heteroatoms. The molecule has 0 saturated heterocycles. The quantitative estimate of drug-likeness (QED) is 0.798. The molecule has 0 aliphatic carbocycles. The number of halogens is 1. The van der Waals surface area contributed by atoms with Crippen LogP contribution in [0.25, 0.3) is 6.08 Å². The van der Waals surface area contributed by atoms with Crippen LogP contribution >= 0.6 is 0 Å². The monoisotopic (exact) mass is 237 g/mol. The number of hydrogen-bond acceptors (Lipinski definition) is 2. The molecule has 0 unspecified atom stereocenters. The van der Waals surface area contributed by atoms with Crippen molar-refractivity contribution in [2.75, 3.05) is 13.7 Å². The second-order valence-electron chi connectivity index (χ2n) is 3.54. The summed E-state index contributed by atoms with van der Waals surface area (Å²) in [7, 11) is 1.44. The van der Waals surface area contributed by atoms with Crippen LogP contribution in [0.3, 0.4) is 0 Å². The fourth-order valence-corrected chi connectivity index (χ4v) is 1.41. The Labute approximate surface area is 100 Å². The number of para-hydroxylation sites is 1. The predicted molar refractivity (Wildman–Crippen MR) is 65.3 cm³/mol. The molecular weight excluding hydrogens is 221 g/mol. The normalized spacial score (nSPS) is 10.5. The fraction of sp³-hybridized carbons (Fsp3) is 0.308. The molecule has 17 heavy (non-hydrogen) atoms. The highest BCUT2D eigenvalue weighted by Crippen LogP contribution is 2.23. The van der Waals surface area contributed by atoms with Crippen LogP contribution in [0.4, 0.5) is 4.39 Å². The Balaban J connectivity index is 2.59. The van der Waals surface area contributed by atoms with Gasteiger partial charge in [0.15, 0.2) is 11.6 Å². The van der Waals surface area contributed by atoms with E-state index in [0.717, 1.165) is 0 Å². The molecule has 1 N–H and O–H groups in total. The Kier molecular flexibility index (Phi) is 5.20. The van der Waals surface area contributed by atoms with E-state index in [1.807, 2.05) is 6.08 Å². The van der Waals surface area contributed by atoms with Crippen molar-refractivity contribution < 1.29 is 13.9 Å². The molecular formula is C13H16FNO2. The lowest BCUT2D eigenvalue weighted by atomic mass is 10.1. The summed E-state index contributed by atoms with van der Waals surface area (Å²) in [6, 6.07) is 4.76. The lowest BCUT2D eigenvalue weighted by Crippen LogP contribution is -2.20. The Morgan fingerprint density at radius 1 is 1.53 bits per heavy atom. The van der Waals surface area contributed by atoms with Gasteiger partial charge in [-0.3, -0.25) is 4.79 Å². The minimum absolute atomic E-state index is 0.0539. The van der Waals surface area contributed by atoms with Gasteiger partial charge in [0.2, 0.25) is 5.91 Å². The van der Waals surface area contributed by atoms with E-state index in [9.17, 15) is 9.18 Å². The summed E-state index contributed by atoms with van der Waals surface area (Å²) in [5.41, 5.74) is 0.690. The Morgan fingerprint density at radius 3 is 2.94 bits per heavy atom. The van der Waals surface area contributed by atoms with Crippen molar-refractivity contribution in [3.05, 3.63) is 35.7 Å². The molecule has 3 nitrogen and oxygen atoms in total. The summed E-state index contributed by atoms with van der Waals surface area (Å²) >= 11 is 0. The van der Waals surface area contributed by atoms with Crippen LogP contribution in [0.1, 0.15) is 18.9 Å². The highest BCUT2D eigenvalue weighted by molar-refractivity contribution is 5.72. The van der Waals surface area contributed by atoms with Crippen molar-refractivity contribution in [3.63, 3.8) is 0 Å². The Morgan fingerprint density at radius 2 is 2.29 bits per heavy atom. The lowest BCUT2D eigenvalue weighted by molar-refractivity contribution is -0.118. The standard InChI is InChI=1S/C13H16FNO2/c1-10(16)15-9-4-3-6-11-7-5-8-12(14)13(11)17-2/h3,5-8H,4,9H2,1-2H3,(H,15,16). The van der Waals surface area contributed by atoms with Crippen molar-refractivity contribution in [3.8, 4) is 5.75 Å². The van der Waals surface area contributed by atoms with Gasteiger partial charge in [-0.25, -0.2) is 4.39 Å². The number of carbonyl (C=O) groups is 1. The van der Waals surface area contributed by atoms with E-state index in [2.05, 4.69) is 5.32 Å². The molecule has 0 saturated carbocycles. The van der Waals surface area contributed by atoms with E-state index in [1.54, 1.807) is 18.2 Å². The first-order valence-electron chi connectivity index (χ1n) is 5.38. The summed E-state index contributed by atoms with van der Waals surface area (Å²) in [5.74, 6) is -0.193. The van der Waals surface area contributed by atoms with Crippen LogP contribution in [0.15, 0.2) is 24.3 Å². The summed E-state index contributed by atoms with van der Waals surface area (Å²) in [6.45, 7) is 2.04. The van der Waals surface area contributed by atoms with Gasteiger partial charge in [0, 0.05) is 19.0 Å². The largest absolute Gasteiger partial charge is 0.493 e. The molecule has 1 rings (SSSR count). The predicted octanol–water partition coefficient (Wildman–Crippen LogP) is 2.37. The molecule has 0 fully saturated rings. The van der Waals surface area contributed by atoms with Gasteiger partial charge in [-0.15, -0.1) is 0 Å². The van der Waals surface area contributed by atoms with Crippen LogP contribution in [0.2, 0.25) is 0 Å². The smallest absolute Gasteiger partial charge is 0.216 e. The maximum absolute atomic E-state index is 13.3. The van der Waals surface area contributed by atoms with Gasteiger partial charge in [0.05, 0.1) is 7.11 Å². The van der Waals surface area contributed by atoms with Crippen LogP contribution < -0.4 is 10.1 Å². The van der Waals surface area contributed by atoms with Crippen molar-refractivity contribution in [2.45, 2.75) is 13.3 Å². The van der Waals surface area contributed by atoms with Crippen molar-refractivity contribution in [2.24, 2.45) is 0 Å². The van der Waals surface area contributed by atoms with E-state index < -0.39 is 0 Å². The first kappa shape index (κ1) is 13.2. The second kappa shape index (κ2) is 6.68. The number of amides is 1. The molecule has 0 heterocycles.